The Morgan fingerprint density at radius 1 is 1.26 bits per heavy atom. The normalized spacial score (nSPS) is 10.8. The van der Waals surface area contributed by atoms with E-state index in [9.17, 15) is 0 Å². The highest BCUT2D eigenvalue weighted by molar-refractivity contribution is 5.10. The molecule has 4 heteroatoms. The first-order chi connectivity index (χ1) is 9.33. The summed E-state index contributed by atoms with van der Waals surface area (Å²) in [7, 11) is 0. The van der Waals surface area contributed by atoms with E-state index in [2.05, 4.69) is 46.1 Å². The van der Waals surface area contributed by atoms with Crippen molar-refractivity contribution in [3.8, 4) is 0 Å². The molecule has 0 radical (unpaired) electrons. The second kappa shape index (κ2) is 7.04. The Kier molecular flexibility index (Phi) is 5.10. The molecular formula is C15H22N4. The molecule has 2 rings (SSSR count). The Morgan fingerprint density at radius 3 is 2.84 bits per heavy atom. The Labute approximate surface area is 114 Å². The lowest BCUT2D eigenvalue weighted by Crippen LogP contribution is -2.21. The molecule has 0 saturated carbocycles. The molecule has 0 aromatic carbocycles. The van der Waals surface area contributed by atoms with Gasteiger partial charge in [-0.15, -0.1) is 0 Å². The molecule has 0 saturated heterocycles. The van der Waals surface area contributed by atoms with Crippen LogP contribution in [0.3, 0.4) is 0 Å². The van der Waals surface area contributed by atoms with Crippen LogP contribution in [0, 0.1) is 0 Å². The fourth-order valence-electron chi connectivity index (χ4n) is 2.09. The van der Waals surface area contributed by atoms with Gasteiger partial charge in [-0.2, -0.15) is 5.10 Å². The summed E-state index contributed by atoms with van der Waals surface area (Å²) >= 11 is 0. The van der Waals surface area contributed by atoms with Crippen molar-refractivity contribution in [2.75, 3.05) is 6.54 Å². The smallest absolute Gasteiger partial charge is 0.0624 e. The van der Waals surface area contributed by atoms with E-state index in [0.717, 1.165) is 32.5 Å². The van der Waals surface area contributed by atoms with Gasteiger partial charge in [-0.05, 0) is 30.5 Å². The predicted octanol–water partition coefficient (Wildman–Crippen LogP) is 2.19. The van der Waals surface area contributed by atoms with E-state index in [1.54, 1.807) is 6.20 Å². The van der Waals surface area contributed by atoms with Gasteiger partial charge in [0.25, 0.3) is 0 Å². The maximum Gasteiger partial charge on any atom is 0.0624 e. The fraction of sp³-hybridized carbons (Fsp3) is 0.467. The minimum atomic E-state index is 0.858. The Balaban J connectivity index is 1.81. The Hall–Kier alpha value is -1.68. The van der Waals surface area contributed by atoms with E-state index in [1.165, 1.54) is 17.0 Å². The molecule has 0 fully saturated rings. The third-order valence-corrected chi connectivity index (χ3v) is 3.19. The molecule has 2 heterocycles. The predicted molar refractivity (Wildman–Crippen MR) is 76.9 cm³/mol. The van der Waals surface area contributed by atoms with Crippen molar-refractivity contribution in [1.29, 1.82) is 0 Å². The molecule has 0 spiro atoms. The maximum atomic E-state index is 4.61. The standard InChI is InChI=1S/C15H22N4/c1-3-14-10-15(4-2)19(18-14)9-8-17-12-13-6-5-7-16-11-13/h5-7,10-11,17H,3-4,8-9,12H2,1-2H3. The van der Waals surface area contributed by atoms with E-state index in [-0.39, 0.29) is 0 Å². The number of pyridine rings is 1. The van der Waals surface area contributed by atoms with E-state index in [0.29, 0.717) is 0 Å². The van der Waals surface area contributed by atoms with Gasteiger partial charge in [0.1, 0.15) is 0 Å². The maximum absolute atomic E-state index is 4.61. The van der Waals surface area contributed by atoms with E-state index in [1.807, 2.05) is 12.3 Å². The van der Waals surface area contributed by atoms with Crippen molar-refractivity contribution in [2.24, 2.45) is 0 Å². The summed E-state index contributed by atoms with van der Waals surface area (Å²) in [6.45, 7) is 7.02. The molecule has 4 nitrogen and oxygen atoms in total. The van der Waals surface area contributed by atoms with Gasteiger partial charge in [-0.1, -0.05) is 19.9 Å². The first-order valence-corrected chi connectivity index (χ1v) is 6.98. The number of hydrogen-bond acceptors (Lipinski definition) is 3. The highest BCUT2D eigenvalue weighted by atomic mass is 15.3. The van der Waals surface area contributed by atoms with Gasteiger partial charge in [0.15, 0.2) is 0 Å². The average molecular weight is 258 g/mol. The van der Waals surface area contributed by atoms with Gasteiger partial charge in [-0.25, -0.2) is 0 Å². The highest BCUT2D eigenvalue weighted by Crippen LogP contribution is 2.05. The molecule has 102 valence electrons. The lowest BCUT2D eigenvalue weighted by molar-refractivity contribution is 0.534. The fourth-order valence-corrected chi connectivity index (χ4v) is 2.09. The van der Waals surface area contributed by atoms with E-state index >= 15 is 0 Å². The average Bonchev–Trinajstić information content (AvgIpc) is 2.87. The van der Waals surface area contributed by atoms with Crippen LogP contribution in [0.2, 0.25) is 0 Å². The minimum Gasteiger partial charge on any atom is -0.311 e. The Bertz CT molecular complexity index is 490. The summed E-state index contributed by atoms with van der Waals surface area (Å²) < 4.78 is 2.12. The third kappa shape index (κ3) is 3.89. The molecule has 0 amide bonds. The number of aromatic nitrogens is 3. The molecular weight excluding hydrogens is 236 g/mol. The van der Waals surface area contributed by atoms with Gasteiger partial charge >= 0.3 is 0 Å². The molecule has 0 unspecified atom stereocenters. The summed E-state index contributed by atoms with van der Waals surface area (Å²) in [6, 6.07) is 6.26. The summed E-state index contributed by atoms with van der Waals surface area (Å²) in [5, 5.41) is 8.04. The van der Waals surface area contributed by atoms with Gasteiger partial charge in [0, 0.05) is 31.2 Å². The van der Waals surface area contributed by atoms with Gasteiger partial charge in [-0.3, -0.25) is 9.67 Å². The topological polar surface area (TPSA) is 42.7 Å². The quantitative estimate of drug-likeness (QED) is 0.774. The van der Waals surface area contributed by atoms with Crippen LogP contribution in [0.15, 0.2) is 30.6 Å². The van der Waals surface area contributed by atoms with Crippen molar-refractivity contribution in [3.63, 3.8) is 0 Å². The summed E-state index contributed by atoms with van der Waals surface area (Å²) in [5.41, 5.74) is 3.72. The first kappa shape index (κ1) is 13.7. The zero-order valence-corrected chi connectivity index (χ0v) is 11.8. The SMILES string of the molecule is CCc1cc(CC)n(CCNCc2cccnc2)n1. The van der Waals surface area contributed by atoms with Crippen LogP contribution in [-0.2, 0) is 25.9 Å². The van der Waals surface area contributed by atoms with Crippen LogP contribution in [0.1, 0.15) is 30.8 Å². The first-order valence-electron chi connectivity index (χ1n) is 6.98. The molecule has 1 N–H and O–H groups in total. The Morgan fingerprint density at radius 2 is 2.16 bits per heavy atom. The highest BCUT2D eigenvalue weighted by Gasteiger charge is 2.04. The summed E-state index contributed by atoms with van der Waals surface area (Å²) in [6.07, 6.45) is 5.74. The van der Waals surface area contributed by atoms with Crippen molar-refractivity contribution >= 4 is 0 Å². The largest absolute Gasteiger partial charge is 0.311 e. The number of aryl methyl sites for hydroxylation is 2. The molecule has 0 atom stereocenters. The lowest BCUT2D eigenvalue weighted by Gasteiger charge is -2.07. The van der Waals surface area contributed by atoms with Crippen LogP contribution < -0.4 is 5.32 Å². The summed E-state index contributed by atoms with van der Waals surface area (Å²) in [5.74, 6) is 0. The second-order valence-electron chi connectivity index (χ2n) is 4.60. The number of nitrogens with one attached hydrogen (secondary N) is 1. The van der Waals surface area contributed by atoms with E-state index in [4.69, 9.17) is 0 Å². The molecule has 0 bridgehead atoms. The second-order valence-corrected chi connectivity index (χ2v) is 4.60. The van der Waals surface area contributed by atoms with Crippen molar-refractivity contribution in [1.82, 2.24) is 20.1 Å². The molecule has 0 aliphatic heterocycles. The number of rotatable bonds is 7. The van der Waals surface area contributed by atoms with Gasteiger partial charge in [0.2, 0.25) is 0 Å². The van der Waals surface area contributed by atoms with E-state index < -0.39 is 0 Å². The molecule has 0 aliphatic rings. The van der Waals surface area contributed by atoms with Crippen molar-refractivity contribution in [2.45, 2.75) is 39.8 Å². The lowest BCUT2D eigenvalue weighted by atomic mass is 10.2. The van der Waals surface area contributed by atoms with Gasteiger partial charge in [0.05, 0.1) is 12.2 Å². The van der Waals surface area contributed by atoms with Crippen LogP contribution in [0.5, 0.6) is 0 Å². The molecule has 0 aliphatic carbocycles. The van der Waals surface area contributed by atoms with Crippen LogP contribution in [-0.4, -0.2) is 21.3 Å². The van der Waals surface area contributed by atoms with Gasteiger partial charge < -0.3 is 5.32 Å². The third-order valence-electron chi connectivity index (χ3n) is 3.19. The molecule has 2 aromatic rings. The van der Waals surface area contributed by atoms with Crippen LogP contribution >= 0.6 is 0 Å². The monoisotopic (exact) mass is 258 g/mol. The van der Waals surface area contributed by atoms with Crippen molar-refractivity contribution in [3.05, 3.63) is 47.5 Å². The van der Waals surface area contributed by atoms with Crippen LogP contribution in [0.4, 0.5) is 0 Å². The number of hydrogen-bond donors (Lipinski definition) is 1. The molecule has 19 heavy (non-hydrogen) atoms. The zero-order valence-electron chi connectivity index (χ0n) is 11.8. The van der Waals surface area contributed by atoms with Crippen molar-refractivity contribution < 1.29 is 0 Å². The zero-order chi connectivity index (χ0) is 13.5. The number of nitrogens with zero attached hydrogens (tertiary/aromatic N) is 3. The van der Waals surface area contributed by atoms with Crippen LogP contribution in [0.25, 0.3) is 0 Å². The minimum absolute atomic E-state index is 0.858. The molecule has 2 aromatic heterocycles. The summed E-state index contributed by atoms with van der Waals surface area (Å²) in [4.78, 5) is 4.11.